The van der Waals surface area contributed by atoms with Crippen molar-refractivity contribution >= 4 is 23.2 Å². The largest absolute Gasteiger partial charge is 0.322 e. The van der Waals surface area contributed by atoms with Crippen molar-refractivity contribution < 1.29 is 4.79 Å². The van der Waals surface area contributed by atoms with E-state index in [9.17, 15) is 4.79 Å². The Labute approximate surface area is 88.6 Å². The number of carbonyl (C=O) groups is 1. The molecule has 74 valence electrons. The van der Waals surface area contributed by atoms with Gasteiger partial charge in [0.2, 0.25) is 0 Å². The summed E-state index contributed by atoms with van der Waals surface area (Å²) in [5, 5.41) is 3.35. The van der Waals surface area contributed by atoms with Crippen molar-refractivity contribution in [3.63, 3.8) is 0 Å². The number of allylic oxidation sites excluding steroid dienone is 1. The van der Waals surface area contributed by atoms with Crippen LogP contribution in [-0.4, -0.2) is 5.91 Å². The fraction of sp³-hybridized carbons (Fsp3) is 0.182. The van der Waals surface area contributed by atoms with E-state index in [0.29, 0.717) is 16.3 Å². The lowest BCUT2D eigenvalue weighted by Crippen LogP contribution is -2.12. The second-order valence-electron chi connectivity index (χ2n) is 2.94. The zero-order valence-electron chi connectivity index (χ0n) is 8.17. The smallest absolute Gasteiger partial charge is 0.250 e. The van der Waals surface area contributed by atoms with Gasteiger partial charge in [0.05, 0.1) is 0 Å². The number of benzene rings is 1. The molecule has 0 spiro atoms. The first kappa shape index (κ1) is 10.8. The van der Waals surface area contributed by atoms with Crippen LogP contribution in [0.5, 0.6) is 0 Å². The highest BCUT2D eigenvalue weighted by Crippen LogP contribution is 2.15. The topological polar surface area (TPSA) is 29.1 Å². The Balaban J connectivity index is 2.75. The molecular weight excluding hydrogens is 198 g/mol. The normalized spacial score (nSPS) is 11.2. The minimum atomic E-state index is -0.102. The Morgan fingerprint density at radius 3 is 2.79 bits per heavy atom. The predicted molar refractivity (Wildman–Crippen MR) is 59.5 cm³/mol. The van der Waals surface area contributed by atoms with Crippen LogP contribution < -0.4 is 5.32 Å². The molecule has 0 aliphatic heterocycles. The van der Waals surface area contributed by atoms with Crippen LogP contribution in [0.15, 0.2) is 35.9 Å². The summed E-state index contributed by atoms with van der Waals surface area (Å²) in [6.45, 7) is 3.59. The van der Waals surface area contributed by atoms with E-state index in [2.05, 4.69) is 5.32 Å². The van der Waals surface area contributed by atoms with Gasteiger partial charge < -0.3 is 5.32 Å². The van der Waals surface area contributed by atoms with Gasteiger partial charge in [0, 0.05) is 16.3 Å². The number of halogens is 1. The lowest BCUT2D eigenvalue weighted by Gasteiger charge is -2.04. The van der Waals surface area contributed by atoms with Crippen molar-refractivity contribution in [2.75, 3.05) is 5.32 Å². The van der Waals surface area contributed by atoms with Gasteiger partial charge in [-0.3, -0.25) is 4.79 Å². The van der Waals surface area contributed by atoms with Crippen LogP contribution in [0, 0.1) is 0 Å². The lowest BCUT2D eigenvalue weighted by molar-refractivity contribution is -0.112. The monoisotopic (exact) mass is 209 g/mol. The molecule has 2 nitrogen and oxygen atoms in total. The van der Waals surface area contributed by atoms with E-state index in [1.807, 2.05) is 6.92 Å². The first-order valence-electron chi connectivity index (χ1n) is 4.33. The number of hydrogen-bond donors (Lipinski definition) is 1. The average Bonchev–Trinajstić information content (AvgIpc) is 2.16. The fourth-order valence-corrected chi connectivity index (χ4v) is 1.12. The molecule has 0 aliphatic rings. The van der Waals surface area contributed by atoms with Crippen LogP contribution in [0.25, 0.3) is 0 Å². The standard InChI is InChI=1S/C11H12ClNO/c1-3-8(2)11(14)13-10-6-4-5-9(12)7-10/h3-7H,1-2H3,(H,13,14)/b8-3-. The lowest BCUT2D eigenvalue weighted by atomic mass is 10.2. The Morgan fingerprint density at radius 2 is 2.21 bits per heavy atom. The molecule has 0 fully saturated rings. The summed E-state index contributed by atoms with van der Waals surface area (Å²) >= 11 is 5.78. The summed E-state index contributed by atoms with van der Waals surface area (Å²) < 4.78 is 0. The van der Waals surface area contributed by atoms with Gasteiger partial charge >= 0.3 is 0 Å². The molecule has 0 saturated carbocycles. The summed E-state index contributed by atoms with van der Waals surface area (Å²) in [7, 11) is 0. The molecule has 0 heterocycles. The van der Waals surface area contributed by atoms with Gasteiger partial charge in [-0.25, -0.2) is 0 Å². The molecule has 1 N–H and O–H groups in total. The third-order valence-electron chi connectivity index (χ3n) is 1.87. The second-order valence-corrected chi connectivity index (χ2v) is 3.37. The number of anilines is 1. The van der Waals surface area contributed by atoms with E-state index < -0.39 is 0 Å². The molecule has 0 bridgehead atoms. The van der Waals surface area contributed by atoms with Crippen molar-refractivity contribution in [3.05, 3.63) is 40.9 Å². The summed E-state index contributed by atoms with van der Waals surface area (Å²) in [5.41, 5.74) is 1.40. The molecule has 0 unspecified atom stereocenters. The van der Waals surface area contributed by atoms with Gasteiger partial charge in [-0.05, 0) is 32.0 Å². The summed E-state index contributed by atoms with van der Waals surface area (Å²) in [6, 6.07) is 7.07. The van der Waals surface area contributed by atoms with Crippen molar-refractivity contribution in [1.82, 2.24) is 0 Å². The SMILES string of the molecule is C/C=C(/C)C(=O)Nc1cccc(Cl)c1. The Bertz CT molecular complexity index is 371. The molecule has 0 aromatic heterocycles. The molecule has 0 aliphatic carbocycles. The minimum absolute atomic E-state index is 0.102. The van der Waals surface area contributed by atoms with Crippen LogP contribution in [0.4, 0.5) is 5.69 Å². The zero-order chi connectivity index (χ0) is 10.6. The van der Waals surface area contributed by atoms with Gasteiger partial charge in [0.15, 0.2) is 0 Å². The number of nitrogens with one attached hydrogen (secondary N) is 1. The fourth-order valence-electron chi connectivity index (χ4n) is 0.927. The third-order valence-corrected chi connectivity index (χ3v) is 2.11. The maximum absolute atomic E-state index is 11.4. The molecule has 1 aromatic rings. The van der Waals surface area contributed by atoms with Gasteiger partial charge in [-0.15, -0.1) is 0 Å². The molecule has 14 heavy (non-hydrogen) atoms. The zero-order valence-corrected chi connectivity index (χ0v) is 8.93. The molecule has 1 aromatic carbocycles. The van der Waals surface area contributed by atoms with Crippen molar-refractivity contribution in [2.45, 2.75) is 13.8 Å². The number of hydrogen-bond acceptors (Lipinski definition) is 1. The molecule has 0 saturated heterocycles. The van der Waals surface area contributed by atoms with E-state index in [1.54, 1.807) is 37.3 Å². The van der Waals surface area contributed by atoms with Gasteiger partial charge in [-0.1, -0.05) is 23.7 Å². The van der Waals surface area contributed by atoms with Crippen molar-refractivity contribution in [1.29, 1.82) is 0 Å². The molecule has 0 radical (unpaired) electrons. The Kier molecular flexibility index (Phi) is 3.72. The Morgan fingerprint density at radius 1 is 1.50 bits per heavy atom. The maximum Gasteiger partial charge on any atom is 0.250 e. The molecular formula is C11H12ClNO. The summed E-state index contributed by atoms with van der Waals surface area (Å²) in [6.07, 6.45) is 1.76. The van der Waals surface area contributed by atoms with Crippen LogP contribution >= 0.6 is 11.6 Å². The average molecular weight is 210 g/mol. The van der Waals surface area contributed by atoms with Crippen LogP contribution in [0.1, 0.15) is 13.8 Å². The van der Waals surface area contributed by atoms with E-state index in [1.165, 1.54) is 0 Å². The molecule has 1 amide bonds. The Hall–Kier alpha value is -1.28. The number of rotatable bonds is 2. The summed E-state index contributed by atoms with van der Waals surface area (Å²) in [4.78, 5) is 11.4. The van der Waals surface area contributed by atoms with E-state index in [0.717, 1.165) is 0 Å². The van der Waals surface area contributed by atoms with Crippen LogP contribution in [0.2, 0.25) is 5.02 Å². The molecule has 0 atom stereocenters. The molecule has 1 rings (SSSR count). The molecule has 3 heteroatoms. The van der Waals surface area contributed by atoms with Gasteiger partial charge in [0.25, 0.3) is 5.91 Å². The summed E-state index contributed by atoms with van der Waals surface area (Å²) in [5.74, 6) is -0.102. The van der Waals surface area contributed by atoms with Crippen LogP contribution in [-0.2, 0) is 4.79 Å². The first-order chi connectivity index (χ1) is 6.63. The highest BCUT2D eigenvalue weighted by molar-refractivity contribution is 6.30. The van der Waals surface area contributed by atoms with Crippen molar-refractivity contribution in [2.24, 2.45) is 0 Å². The van der Waals surface area contributed by atoms with Gasteiger partial charge in [0.1, 0.15) is 0 Å². The third kappa shape index (κ3) is 2.89. The number of amides is 1. The number of carbonyl (C=O) groups excluding carboxylic acids is 1. The van der Waals surface area contributed by atoms with Crippen LogP contribution in [0.3, 0.4) is 0 Å². The second kappa shape index (κ2) is 4.82. The van der Waals surface area contributed by atoms with E-state index >= 15 is 0 Å². The highest BCUT2D eigenvalue weighted by atomic mass is 35.5. The first-order valence-corrected chi connectivity index (χ1v) is 4.71. The minimum Gasteiger partial charge on any atom is -0.322 e. The maximum atomic E-state index is 11.4. The van der Waals surface area contributed by atoms with E-state index in [4.69, 9.17) is 11.6 Å². The van der Waals surface area contributed by atoms with E-state index in [-0.39, 0.29) is 5.91 Å². The highest BCUT2D eigenvalue weighted by Gasteiger charge is 2.03. The predicted octanol–water partition coefficient (Wildman–Crippen LogP) is 3.24. The van der Waals surface area contributed by atoms with Crippen molar-refractivity contribution in [3.8, 4) is 0 Å². The van der Waals surface area contributed by atoms with Gasteiger partial charge in [-0.2, -0.15) is 0 Å². The quantitative estimate of drug-likeness (QED) is 0.745.